The minimum absolute atomic E-state index is 0.185. The first-order valence-corrected chi connectivity index (χ1v) is 7.33. The second-order valence-corrected chi connectivity index (χ2v) is 5.88. The Morgan fingerprint density at radius 2 is 1.94 bits per heavy atom. The molecule has 1 aromatic carbocycles. The highest BCUT2D eigenvalue weighted by Crippen LogP contribution is 2.37. The predicted molar refractivity (Wildman–Crippen MR) is 73.6 cm³/mol. The smallest absolute Gasteiger partial charge is 0.120 e. The lowest BCUT2D eigenvalue weighted by molar-refractivity contribution is 0.209. The van der Waals surface area contributed by atoms with Crippen LogP contribution in [0.1, 0.15) is 56.6 Å². The molecule has 2 heteroatoms. The van der Waals surface area contributed by atoms with Crippen LogP contribution in [0.3, 0.4) is 0 Å². The fraction of sp³-hybridized carbons (Fsp3) is 0.625. The van der Waals surface area contributed by atoms with Gasteiger partial charge in [0.05, 0.1) is 6.10 Å². The first-order valence-electron chi connectivity index (χ1n) is 7.33. The highest BCUT2D eigenvalue weighted by atomic mass is 16.5. The third-order valence-electron chi connectivity index (χ3n) is 4.18. The van der Waals surface area contributed by atoms with E-state index >= 15 is 0 Å². The monoisotopic (exact) mass is 245 g/mol. The molecule has 2 nitrogen and oxygen atoms in total. The van der Waals surface area contributed by atoms with Gasteiger partial charge in [0.1, 0.15) is 5.75 Å². The van der Waals surface area contributed by atoms with Crippen molar-refractivity contribution in [1.29, 1.82) is 0 Å². The lowest BCUT2D eigenvalue weighted by atomic mass is 10.0. The molecule has 0 heterocycles. The molecule has 0 radical (unpaired) electrons. The second-order valence-electron chi connectivity index (χ2n) is 5.88. The molecular formula is C16H23NO. The van der Waals surface area contributed by atoms with Gasteiger partial charge in [-0.3, -0.25) is 0 Å². The summed E-state index contributed by atoms with van der Waals surface area (Å²) in [6, 6.07) is 8.60. The van der Waals surface area contributed by atoms with Crippen LogP contribution in [0, 0.1) is 5.92 Å². The Morgan fingerprint density at radius 3 is 2.67 bits per heavy atom. The van der Waals surface area contributed by atoms with Crippen molar-refractivity contribution in [2.45, 2.75) is 57.1 Å². The average Bonchev–Trinajstić information content (AvgIpc) is 3.04. The van der Waals surface area contributed by atoms with Crippen molar-refractivity contribution in [2.24, 2.45) is 11.7 Å². The van der Waals surface area contributed by atoms with Gasteiger partial charge in [-0.2, -0.15) is 0 Å². The van der Waals surface area contributed by atoms with Crippen molar-refractivity contribution in [3.63, 3.8) is 0 Å². The molecule has 98 valence electrons. The summed E-state index contributed by atoms with van der Waals surface area (Å²) in [5.41, 5.74) is 7.49. The fourth-order valence-corrected chi connectivity index (χ4v) is 2.87. The third kappa shape index (κ3) is 3.05. The first-order chi connectivity index (χ1) is 8.81. The van der Waals surface area contributed by atoms with Gasteiger partial charge in [0, 0.05) is 6.04 Å². The van der Waals surface area contributed by atoms with Crippen molar-refractivity contribution in [2.75, 3.05) is 0 Å². The summed E-state index contributed by atoms with van der Waals surface area (Å²) < 4.78 is 6.03. The molecule has 0 aliphatic heterocycles. The van der Waals surface area contributed by atoms with Crippen molar-refractivity contribution in [3.8, 4) is 5.75 Å². The Kier molecular flexibility index (Phi) is 3.55. The SMILES string of the molecule is N[C@H](CC1CC1)c1cccc(OC2CCCC2)c1. The second kappa shape index (κ2) is 5.31. The van der Waals surface area contributed by atoms with E-state index in [0.29, 0.717) is 6.10 Å². The van der Waals surface area contributed by atoms with Gasteiger partial charge in [0.2, 0.25) is 0 Å². The Morgan fingerprint density at radius 1 is 1.17 bits per heavy atom. The van der Waals surface area contributed by atoms with Gasteiger partial charge in [0.25, 0.3) is 0 Å². The molecule has 0 amide bonds. The zero-order valence-electron chi connectivity index (χ0n) is 11.0. The Labute approximate surface area is 110 Å². The first kappa shape index (κ1) is 12.0. The van der Waals surface area contributed by atoms with E-state index in [1.807, 2.05) is 0 Å². The van der Waals surface area contributed by atoms with E-state index in [0.717, 1.165) is 18.1 Å². The molecule has 0 saturated heterocycles. The standard InChI is InChI=1S/C16H23NO/c17-16(10-12-8-9-12)13-4-3-7-15(11-13)18-14-5-1-2-6-14/h3-4,7,11-12,14,16H,1-2,5-6,8-10,17H2/t16-/m1/s1. The molecule has 1 aromatic rings. The van der Waals surface area contributed by atoms with Gasteiger partial charge in [-0.1, -0.05) is 25.0 Å². The van der Waals surface area contributed by atoms with E-state index in [4.69, 9.17) is 10.5 Å². The molecule has 3 rings (SSSR count). The quantitative estimate of drug-likeness (QED) is 0.856. The molecule has 0 spiro atoms. The number of hydrogen-bond donors (Lipinski definition) is 1. The number of ether oxygens (including phenoxy) is 1. The molecular weight excluding hydrogens is 222 g/mol. The highest BCUT2D eigenvalue weighted by molar-refractivity contribution is 5.30. The zero-order chi connectivity index (χ0) is 12.4. The number of rotatable bonds is 5. The van der Waals surface area contributed by atoms with Crippen LogP contribution in [0.25, 0.3) is 0 Å². The molecule has 2 aliphatic carbocycles. The van der Waals surface area contributed by atoms with E-state index < -0.39 is 0 Å². The number of nitrogens with two attached hydrogens (primary N) is 1. The van der Waals surface area contributed by atoms with Crippen LogP contribution in [0.5, 0.6) is 5.75 Å². The van der Waals surface area contributed by atoms with Crippen molar-refractivity contribution < 1.29 is 4.74 Å². The molecule has 2 saturated carbocycles. The Balaban J connectivity index is 1.63. The summed E-state index contributed by atoms with van der Waals surface area (Å²) >= 11 is 0. The Bertz CT molecular complexity index is 394. The molecule has 0 aromatic heterocycles. The van der Waals surface area contributed by atoms with Crippen LogP contribution >= 0.6 is 0 Å². The van der Waals surface area contributed by atoms with E-state index in [9.17, 15) is 0 Å². The van der Waals surface area contributed by atoms with Crippen LogP contribution in [0.2, 0.25) is 0 Å². The topological polar surface area (TPSA) is 35.2 Å². The van der Waals surface area contributed by atoms with Gasteiger partial charge in [-0.15, -0.1) is 0 Å². The molecule has 2 N–H and O–H groups in total. The maximum atomic E-state index is 6.26. The fourth-order valence-electron chi connectivity index (χ4n) is 2.87. The van der Waals surface area contributed by atoms with Crippen molar-refractivity contribution in [3.05, 3.63) is 29.8 Å². The van der Waals surface area contributed by atoms with E-state index in [2.05, 4.69) is 24.3 Å². The Hall–Kier alpha value is -1.02. The minimum Gasteiger partial charge on any atom is -0.490 e. The summed E-state index contributed by atoms with van der Waals surface area (Å²) in [7, 11) is 0. The van der Waals surface area contributed by atoms with Gasteiger partial charge >= 0.3 is 0 Å². The molecule has 2 aliphatic rings. The molecule has 0 unspecified atom stereocenters. The van der Waals surface area contributed by atoms with Crippen LogP contribution in [-0.2, 0) is 0 Å². The van der Waals surface area contributed by atoms with E-state index in [-0.39, 0.29) is 6.04 Å². The van der Waals surface area contributed by atoms with Crippen LogP contribution in [0.15, 0.2) is 24.3 Å². The van der Waals surface area contributed by atoms with Crippen LogP contribution in [0.4, 0.5) is 0 Å². The lowest BCUT2D eigenvalue weighted by Gasteiger charge is -2.16. The summed E-state index contributed by atoms with van der Waals surface area (Å²) in [5.74, 6) is 1.88. The summed E-state index contributed by atoms with van der Waals surface area (Å²) in [6.07, 6.45) is 9.33. The van der Waals surface area contributed by atoms with Crippen LogP contribution < -0.4 is 10.5 Å². The minimum atomic E-state index is 0.185. The maximum Gasteiger partial charge on any atom is 0.120 e. The maximum absolute atomic E-state index is 6.26. The number of benzene rings is 1. The number of hydrogen-bond acceptors (Lipinski definition) is 2. The summed E-state index contributed by atoms with van der Waals surface area (Å²) in [4.78, 5) is 0. The van der Waals surface area contributed by atoms with Gasteiger partial charge < -0.3 is 10.5 Å². The third-order valence-corrected chi connectivity index (χ3v) is 4.18. The van der Waals surface area contributed by atoms with Gasteiger partial charge in [0.15, 0.2) is 0 Å². The van der Waals surface area contributed by atoms with Gasteiger partial charge in [-0.25, -0.2) is 0 Å². The largest absolute Gasteiger partial charge is 0.490 e. The summed E-state index contributed by atoms with van der Waals surface area (Å²) in [5, 5.41) is 0. The lowest BCUT2D eigenvalue weighted by Crippen LogP contribution is -2.13. The molecule has 18 heavy (non-hydrogen) atoms. The average molecular weight is 245 g/mol. The van der Waals surface area contributed by atoms with Crippen LogP contribution in [-0.4, -0.2) is 6.10 Å². The highest BCUT2D eigenvalue weighted by Gasteiger charge is 2.24. The normalized spacial score (nSPS) is 22.1. The van der Waals surface area contributed by atoms with Gasteiger partial charge in [-0.05, 0) is 55.7 Å². The summed E-state index contributed by atoms with van der Waals surface area (Å²) in [6.45, 7) is 0. The predicted octanol–water partition coefficient (Wildman–Crippen LogP) is 3.81. The van der Waals surface area contributed by atoms with E-state index in [1.165, 1.54) is 44.1 Å². The van der Waals surface area contributed by atoms with E-state index in [1.54, 1.807) is 0 Å². The van der Waals surface area contributed by atoms with Crippen molar-refractivity contribution >= 4 is 0 Å². The molecule has 2 fully saturated rings. The zero-order valence-corrected chi connectivity index (χ0v) is 11.0. The molecule has 0 bridgehead atoms. The van der Waals surface area contributed by atoms with Crippen molar-refractivity contribution in [1.82, 2.24) is 0 Å². The molecule has 1 atom stereocenters.